The number of carbonyl (C=O) groups is 2. The molecule has 0 radical (unpaired) electrons. The molecule has 0 aliphatic carbocycles. The minimum absolute atomic E-state index is 0.0778. The molecule has 2 aliphatic rings. The van der Waals surface area contributed by atoms with E-state index in [-0.39, 0.29) is 17.2 Å². The maximum atomic E-state index is 12.9. The van der Waals surface area contributed by atoms with E-state index >= 15 is 0 Å². The number of benzene rings is 1. The second-order valence-electron chi connectivity index (χ2n) is 7.23. The van der Waals surface area contributed by atoms with Crippen molar-refractivity contribution in [3.8, 4) is 10.4 Å². The van der Waals surface area contributed by atoms with Crippen LogP contribution in [0.15, 0.2) is 36.4 Å². The Morgan fingerprint density at radius 1 is 1.20 bits per heavy atom. The van der Waals surface area contributed by atoms with Crippen molar-refractivity contribution in [3.05, 3.63) is 46.8 Å². The van der Waals surface area contributed by atoms with Crippen molar-refractivity contribution in [3.63, 3.8) is 0 Å². The van der Waals surface area contributed by atoms with Crippen LogP contribution in [-0.4, -0.2) is 36.3 Å². The van der Waals surface area contributed by atoms with Crippen LogP contribution in [0.2, 0.25) is 0 Å². The van der Waals surface area contributed by atoms with Gasteiger partial charge in [0.1, 0.15) is 0 Å². The highest BCUT2D eigenvalue weighted by atomic mass is 32.1. The first-order valence-corrected chi connectivity index (χ1v) is 9.60. The predicted molar refractivity (Wildman–Crippen MR) is 99.7 cm³/mol. The van der Waals surface area contributed by atoms with Gasteiger partial charge in [-0.3, -0.25) is 9.59 Å². The quantitative estimate of drug-likeness (QED) is 0.898. The lowest BCUT2D eigenvalue weighted by Crippen LogP contribution is -2.43. The zero-order valence-corrected chi connectivity index (χ0v) is 15.2. The van der Waals surface area contributed by atoms with Crippen molar-refractivity contribution in [1.82, 2.24) is 10.2 Å². The molecule has 3 heterocycles. The molecule has 0 bridgehead atoms. The third kappa shape index (κ3) is 3.09. The number of rotatable bonds is 2. The fourth-order valence-corrected chi connectivity index (χ4v) is 5.05. The smallest absolute Gasteiger partial charge is 0.263 e. The van der Waals surface area contributed by atoms with Crippen molar-refractivity contribution >= 4 is 23.2 Å². The molecular formula is C20H22N2O2S. The standard InChI is InChI=1S/C20H22N2O2S/c1-14-11-16(25-18(14)15-5-3-2-4-6-15)19(24)22-9-7-20(8-10-22)12-17(23)21-13-20/h2-6,11H,7-10,12-13H2,1H3,(H,21,23). The summed E-state index contributed by atoms with van der Waals surface area (Å²) in [6.45, 7) is 4.32. The van der Waals surface area contributed by atoms with Crippen LogP contribution >= 0.6 is 11.3 Å². The van der Waals surface area contributed by atoms with Gasteiger partial charge in [0, 0.05) is 30.9 Å². The van der Waals surface area contributed by atoms with Gasteiger partial charge in [-0.15, -0.1) is 11.3 Å². The lowest BCUT2D eigenvalue weighted by molar-refractivity contribution is -0.119. The molecule has 4 nitrogen and oxygen atoms in total. The van der Waals surface area contributed by atoms with E-state index in [1.807, 2.05) is 29.2 Å². The number of nitrogens with zero attached hydrogens (tertiary/aromatic N) is 1. The number of likely N-dealkylation sites (tertiary alicyclic amines) is 1. The van der Waals surface area contributed by atoms with Crippen LogP contribution in [0.4, 0.5) is 0 Å². The van der Waals surface area contributed by atoms with Gasteiger partial charge in [-0.25, -0.2) is 0 Å². The Hall–Kier alpha value is -2.14. The van der Waals surface area contributed by atoms with Crippen LogP contribution in [-0.2, 0) is 4.79 Å². The Kier molecular flexibility index (Phi) is 4.12. The zero-order chi connectivity index (χ0) is 17.4. The first kappa shape index (κ1) is 16.3. The second-order valence-corrected chi connectivity index (χ2v) is 8.29. The highest BCUT2D eigenvalue weighted by Gasteiger charge is 2.41. The molecule has 1 aromatic carbocycles. The predicted octanol–water partition coefficient (Wildman–Crippen LogP) is 3.47. The molecule has 2 aliphatic heterocycles. The van der Waals surface area contributed by atoms with Gasteiger partial charge in [0.25, 0.3) is 5.91 Å². The van der Waals surface area contributed by atoms with Crippen molar-refractivity contribution in [2.24, 2.45) is 5.41 Å². The molecule has 2 saturated heterocycles. The topological polar surface area (TPSA) is 49.4 Å². The minimum atomic E-state index is 0.0778. The number of aryl methyl sites for hydroxylation is 1. The van der Waals surface area contributed by atoms with Crippen molar-refractivity contribution < 1.29 is 9.59 Å². The van der Waals surface area contributed by atoms with Crippen molar-refractivity contribution in [2.45, 2.75) is 26.2 Å². The van der Waals surface area contributed by atoms with Gasteiger partial charge in [-0.2, -0.15) is 0 Å². The van der Waals surface area contributed by atoms with E-state index in [4.69, 9.17) is 0 Å². The molecule has 0 unspecified atom stereocenters. The average Bonchev–Trinajstić information content (AvgIpc) is 3.19. The van der Waals surface area contributed by atoms with Crippen LogP contribution < -0.4 is 5.32 Å². The summed E-state index contributed by atoms with van der Waals surface area (Å²) in [7, 11) is 0. The Morgan fingerprint density at radius 3 is 2.56 bits per heavy atom. The molecular weight excluding hydrogens is 332 g/mol. The van der Waals surface area contributed by atoms with Crippen LogP contribution in [0.5, 0.6) is 0 Å². The maximum absolute atomic E-state index is 12.9. The molecule has 0 saturated carbocycles. The Bertz CT molecular complexity index is 804. The summed E-state index contributed by atoms with van der Waals surface area (Å²) >= 11 is 1.58. The summed E-state index contributed by atoms with van der Waals surface area (Å²) in [6.07, 6.45) is 2.44. The maximum Gasteiger partial charge on any atom is 0.263 e. The minimum Gasteiger partial charge on any atom is -0.356 e. The van der Waals surface area contributed by atoms with Crippen molar-refractivity contribution in [1.29, 1.82) is 0 Å². The summed E-state index contributed by atoms with van der Waals surface area (Å²) in [5, 5.41) is 2.94. The summed E-state index contributed by atoms with van der Waals surface area (Å²) < 4.78 is 0. The number of piperidine rings is 1. The van der Waals surface area contributed by atoms with Gasteiger partial charge in [0.2, 0.25) is 5.91 Å². The SMILES string of the molecule is Cc1cc(C(=O)N2CCC3(CC2)CNC(=O)C3)sc1-c1ccccc1. The largest absolute Gasteiger partial charge is 0.356 e. The lowest BCUT2D eigenvalue weighted by atomic mass is 9.77. The molecule has 1 aromatic heterocycles. The number of carbonyl (C=O) groups excluding carboxylic acids is 2. The van der Waals surface area contributed by atoms with Gasteiger partial charge >= 0.3 is 0 Å². The van der Waals surface area contributed by atoms with E-state index in [1.54, 1.807) is 11.3 Å². The molecule has 1 N–H and O–H groups in total. The second kappa shape index (κ2) is 6.30. The highest BCUT2D eigenvalue weighted by Crippen LogP contribution is 2.39. The van der Waals surface area contributed by atoms with E-state index in [0.29, 0.717) is 6.42 Å². The third-order valence-corrected chi connectivity index (χ3v) is 6.75. The van der Waals surface area contributed by atoms with Gasteiger partial charge in [-0.1, -0.05) is 30.3 Å². The fraction of sp³-hybridized carbons (Fsp3) is 0.400. The van der Waals surface area contributed by atoms with Crippen LogP contribution in [0.1, 0.15) is 34.5 Å². The van der Waals surface area contributed by atoms with E-state index in [0.717, 1.165) is 48.5 Å². The molecule has 25 heavy (non-hydrogen) atoms. The molecule has 4 rings (SSSR count). The Labute approximate surface area is 151 Å². The van der Waals surface area contributed by atoms with E-state index in [9.17, 15) is 9.59 Å². The number of nitrogens with one attached hydrogen (secondary N) is 1. The molecule has 2 fully saturated rings. The number of hydrogen-bond acceptors (Lipinski definition) is 3. The number of amides is 2. The molecule has 2 aromatic rings. The van der Waals surface area contributed by atoms with E-state index < -0.39 is 0 Å². The lowest BCUT2D eigenvalue weighted by Gasteiger charge is -2.38. The van der Waals surface area contributed by atoms with Gasteiger partial charge in [0.05, 0.1) is 4.88 Å². The Balaban J connectivity index is 1.48. The third-order valence-electron chi connectivity index (χ3n) is 5.47. The van der Waals surface area contributed by atoms with E-state index in [1.165, 1.54) is 4.88 Å². The first-order valence-electron chi connectivity index (χ1n) is 8.78. The molecule has 2 amide bonds. The van der Waals surface area contributed by atoms with Crippen LogP contribution in [0, 0.1) is 12.3 Å². The molecule has 130 valence electrons. The first-order chi connectivity index (χ1) is 12.1. The average molecular weight is 354 g/mol. The van der Waals surface area contributed by atoms with Crippen LogP contribution in [0.25, 0.3) is 10.4 Å². The summed E-state index contributed by atoms with van der Waals surface area (Å²) in [5.74, 6) is 0.281. The summed E-state index contributed by atoms with van der Waals surface area (Å²) in [4.78, 5) is 28.4. The highest BCUT2D eigenvalue weighted by molar-refractivity contribution is 7.17. The zero-order valence-electron chi connectivity index (χ0n) is 14.4. The Morgan fingerprint density at radius 2 is 1.92 bits per heavy atom. The van der Waals surface area contributed by atoms with Crippen LogP contribution in [0.3, 0.4) is 0 Å². The van der Waals surface area contributed by atoms with E-state index in [2.05, 4.69) is 24.4 Å². The summed E-state index contributed by atoms with van der Waals surface area (Å²) in [6, 6.07) is 12.2. The molecule has 5 heteroatoms. The van der Waals surface area contributed by atoms with Gasteiger partial charge in [0.15, 0.2) is 0 Å². The van der Waals surface area contributed by atoms with Gasteiger partial charge in [-0.05, 0) is 42.4 Å². The monoisotopic (exact) mass is 354 g/mol. The number of thiophene rings is 1. The summed E-state index contributed by atoms with van der Waals surface area (Å²) in [5.41, 5.74) is 2.39. The number of hydrogen-bond donors (Lipinski definition) is 1. The van der Waals surface area contributed by atoms with Gasteiger partial charge < -0.3 is 10.2 Å². The molecule has 1 spiro atoms. The molecule has 0 atom stereocenters. The normalized spacial score (nSPS) is 19.2. The fourth-order valence-electron chi connectivity index (χ4n) is 3.91. The van der Waals surface area contributed by atoms with Crippen molar-refractivity contribution in [2.75, 3.05) is 19.6 Å².